The Bertz CT molecular complexity index is 1990. The molecule has 0 radical (unpaired) electrons. The fraction of sp³-hybridized carbons (Fsp3) is 0.0294. The van der Waals surface area contributed by atoms with Crippen LogP contribution in [0.3, 0.4) is 0 Å². The predicted molar refractivity (Wildman–Crippen MR) is 164 cm³/mol. The number of hydrogen-bond donors (Lipinski definition) is 1. The van der Waals surface area contributed by atoms with Gasteiger partial charge in [-0.25, -0.2) is 0 Å². The summed E-state index contributed by atoms with van der Waals surface area (Å²) >= 11 is 1.87. The van der Waals surface area contributed by atoms with Crippen molar-refractivity contribution >= 4 is 64.7 Å². The summed E-state index contributed by atoms with van der Waals surface area (Å²) in [5.74, 6) is 0. The van der Waals surface area contributed by atoms with E-state index in [-0.39, 0.29) is 0 Å². The predicted octanol–water partition coefficient (Wildman–Crippen LogP) is 8.61. The Morgan fingerprint density at radius 1 is 0.658 bits per heavy atom. The summed E-state index contributed by atoms with van der Waals surface area (Å²) in [6.45, 7) is 0.489. The number of benzene rings is 5. The summed E-state index contributed by atoms with van der Waals surface area (Å²) in [6, 6.07) is 42.2. The number of nitrogens with two attached hydrogens (primary N) is 1. The van der Waals surface area contributed by atoms with E-state index in [1.165, 1.54) is 42.0 Å². The van der Waals surface area contributed by atoms with E-state index < -0.39 is 0 Å². The Balaban J connectivity index is 1.42. The van der Waals surface area contributed by atoms with Gasteiger partial charge in [-0.3, -0.25) is 4.99 Å². The molecule has 2 aromatic heterocycles. The average Bonchev–Trinajstić information content (AvgIpc) is 3.51. The first-order chi connectivity index (χ1) is 18.8. The summed E-state index contributed by atoms with van der Waals surface area (Å²) in [4.78, 5) is 5.15. The van der Waals surface area contributed by atoms with Crippen LogP contribution in [0.25, 0.3) is 47.7 Å². The number of fused-ring (bicyclic) bond motifs is 7. The molecule has 38 heavy (non-hydrogen) atoms. The zero-order chi connectivity index (χ0) is 25.5. The molecule has 2 N–H and O–H groups in total. The number of rotatable bonds is 5. The molecule has 7 rings (SSSR count). The molecule has 3 nitrogen and oxygen atoms in total. The first-order valence-electron chi connectivity index (χ1n) is 12.7. The number of thiophene rings is 1. The van der Waals surface area contributed by atoms with Gasteiger partial charge in [0.1, 0.15) is 6.67 Å². The molecule has 0 unspecified atom stereocenters. The minimum Gasteiger partial charge on any atom is -0.398 e. The molecule has 0 aliphatic carbocycles. The molecule has 0 fully saturated rings. The van der Waals surface area contributed by atoms with Gasteiger partial charge in [0.2, 0.25) is 0 Å². The highest BCUT2D eigenvalue weighted by Gasteiger charge is 2.16. The van der Waals surface area contributed by atoms with Crippen molar-refractivity contribution < 1.29 is 0 Å². The average molecular weight is 508 g/mol. The zero-order valence-electron chi connectivity index (χ0n) is 20.7. The number of allylic oxidation sites excluding steroid dienone is 1. The van der Waals surface area contributed by atoms with Gasteiger partial charge in [-0.05, 0) is 35.4 Å². The van der Waals surface area contributed by atoms with Crippen molar-refractivity contribution in [3.8, 4) is 0 Å². The molecule has 0 bridgehead atoms. The second kappa shape index (κ2) is 9.33. The Kier molecular flexibility index (Phi) is 5.53. The molecule has 0 amide bonds. The van der Waals surface area contributed by atoms with Gasteiger partial charge < -0.3 is 10.3 Å². The molecule has 182 valence electrons. The molecular formula is C34H25N3S. The maximum atomic E-state index is 6.54. The normalized spacial score (nSPS) is 12.7. The van der Waals surface area contributed by atoms with Gasteiger partial charge in [-0.2, -0.15) is 0 Å². The number of aromatic nitrogens is 1. The van der Waals surface area contributed by atoms with Crippen LogP contribution in [0, 0.1) is 0 Å². The third-order valence-corrected chi connectivity index (χ3v) is 8.34. The van der Waals surface area contributed by atoms with E-state index in [0.29, 0.717) is 12.4 Å². The SMILES string of the molecule is NC(=CC(=NCn1c2ccccc2c2c3sc4ccccc4c3ccc21)c1ccccc1)c1ccccc1. The number of hydrogen-bond acceptors (Lipinski definition) is 3. The van der Waals surface area contributed by atoms with Crippen LogP contribution >= 0.6 is 11.3 Å². The summed E-state index contributed by atoms with van der Waals surface area (Å²) in [7, 11) is 0. The zero-order valence-corrected chi connectivity index (χ0v) is 21.5. The Labute approximate surface area is 224 Å². The van der Waals surface area contributed by atoms with Crippen LogP contribution in [-0.2, 0) is 6.67 Å². The molecule has 2 heterocycles. The van der Waals surface area contributed by atoms with Crippen molar-refractivity contribution in [1.82, 2.24) is 4.57 Å². The van der Waals surface area contributed by atoms with Crippen LogP contribution in [0.5, 0.6) is 0 Å². The highest BCUT2D eigenvalue weighted by atomic mass is 32.1. The van der Waals surface area contributed by atoms with E-state index in [0.717, 1.165) is 16.8 Å². The molecule has 0 atom stereocenters. The summed E-state index contributed by atoms with van der Waals surface area (Å²) in [5.41, 5.74) is 12.5. The molecule has 0 saturated carbocycles. The highest BCUT2D eigenvalue weighted by molar-refractivity contribution is 7.26. The lowest BCUT2D eigenvalue weighted by Gasteiger charge is -2.09. The van der Waals surface area contributed by atoms with Crippen molar-refractivity contribution in [3.63, 3.8) is 0 Å². The minimum atomic E-state index is 0.489. The van der Waals surface area contributed by atoms with Gasteiger partial charge in [-0.15, -0.1) is 11.3 Å². The van der Waals surface area contributed by atoms with Crippen LogP contribution in [-0.4, -0.2) is 10.3 Å². The summed E-state index contributed by atoms with van der Waals surface area (Å²) < 4.78 is 4.97. The standard InChI is InChI=1S/C34H25N3S/c35-28(23-11-3-1-4-12-23)21-29(24-13-5-2-6-14-24)36-22-37-30-17-9-7-16-27(30)33-31(37)20-19-26-25-15-8-10-18-32(25)38-34(26)33/h1-21H,22,35H2. The number of nitrogens with zero attached hydrogens (tertiary/aromatic N) is 2. The van der Waals surface area contributed by atoms with E-state index in [2.05, 4.69) is 77.4 Å². The molecule has 5 aromatic carbocycles. The largest absolute Gasteiger partial charge is 0.398 e. The molecule has 0 aliphatic heterocycles. The maximum absolute atomic E-state index is 6.54. The minimum absolute atomic E-state index is 0.489. The molecule has 0 saturated heterocycles. The van der Waals surface area contributed by atoms with Crippen molar-refractivity contribution in [3.05, 3.63) is 139 Å². The van der Waals surface area contributed by atoms with Crippen LogP contribution in [0.1, 0.15) is 11.1 Å². The van der Waals surface area contributed by atoms with Gasteiger partial charge in [0.25, 0.3) is 0 Å². The first kappa shape index (κ1) is 22.5. The maximum Gasteiger partial charge on any atom is 0.115 e. The molecule has 0 spiro atoms. The second-order valence-electron chi connectivity index (χ2n) is 9.40. The Hall–Kier alpha value is -4.67. The fourth-order valence-corrected chi connectivity index (χ4v) is 6.56. The van der Waals surface area contributed by atoms with Crippen molar-refractivity contribution in [1.29, 1.82) is 0 Å². The van der Waals surface area contributed by atoms with Gasteiger partial charge in [-0.1, -0.05) is 103 Å². The van der Waals surface area contributed by atoms with Crippen molar-refractivity contribution in [2.24, 2.45) is 10.7 Å². The number of para-hydroxylation sites is 1. The summed E-state index contributed by atoms with van der Waals surface area (Å²) in [6.07, 6.45) is 1.99. The molecular weight excluding hydrogens is 482 g/mol. The smallest absolute Gasteiger partial charge is 0.115 e. The van der Waals surface area contributed by atoms with Crippen LogP contribution < -0.4 is 5.73 Å². The molecule has 4 heteroatoms. The van der Waals surface area contributed by atoms with Gasteiger partial charge >= 0.3 is 0 Å². The van der Waals surface area contributed by atoms with E-state index in [9.17, 15) is 0 Å². The Morgan fingerprint density at radius 2 is 1.32 bits per heavy atom. The molecule has 0 aliphatic rings. The van der Waals surface area contributed by atoms with Crippen molar-refractivity contribution in [2.75, 3.05) is 0 Å². The monoisotopic (exact) mass is 507 g/mol. The highest BCUT2D eigenvalue weighted by Crippen LogP contribution is 2.42. The lowest BCUT2D eigenvalue weighted by molar-refractivity contribution is 0.794. The van der Waals surface area contributed by atoms with Crippen molar-refractivity contribution in [2.45, 2.75) is 6.67 Å². The van der Waals surface area contributed by atoms with Gasteiger partial charge in [0.15, 0.2) is 0 Å². The molecule has 7 aromatic rings. The topological polar surface area (TPSA) is 43.3 Å². The van der Waals surface area contributed by atoms with E-state index in [4.69, 9.17) is 10.7 Å². The third kappa shape index (κ3) is 3.78. The number of aliphatic imine (C=N–C) groups is 1. The van der Waals surface area contributed by atoms with Gasteiger partial charge in [0, 0.05) is 36.6 Å². The van der Waals surface area contributed by atoms with Gasteiger partial charge in [0.05, 0.1) is 16.7 Å². The summed E-state index contributed by atoms with van der Waals surface area (Å²) in [5, 5.41) is 5.19. The lowest BCUT2D eigenvalue weighted by Crippen LogP contribution is -2.06. The van der Waals surface area contributed by atoms with E-state index in [1.54, 1.807) is 0 Å². The fourth-order valence-electron chi connectivity index (χ4n) is 5.30. The van der Waals surface area contributed by atoms with E-state index >= 15 is 0 Å². The van der Waals surface area contributed by atoms with Crippen LogP contribution in [0.2, 0.25) is 0 Å². The van der Waals surface area contributed by atoms with Crippen LogP contribution in [0.15, 0.2) is 132 Å². The second-order valence-corrected chi connectivity index (χ2v) is 10.4. The lowest BCUT2D eigenvalue weighted by atomic mass is 10.1. The first-order valence-corrected chi connectivity index (χ1v) is 13.5. The third-order valence-electron chi connectivity index (χ3n) is 7.13. The van der Waals surface area contributed by atoms with E-state index in [1.807, 2.05) is 65.9 Å². The quantitative estimate of drug-likeness (QED) is 0.233. The Morgan fingerprint density at radius 3 is 2.11 bits per heavy atom. The van der Waals surface area contributed by atoms with Crippen LogP contribution in [0.4, 0.5) is 0 Å².